The van der Waals surface area contributed by atoms with Crippen LogP contribution in [0.5, 0.6) is 0 Å². The van der Waals surface area contributed by atoms with Crippen LogP contribution in [0.3, 0.4) is 0 Å². The average molecular weight is 481 g/mol. The molecule has 6 heteroatoms. The minimum Gasteiger partial charge on any atom is -0.374 e. The molecule has 3 saturated heterocycles. The van der Waals surface area contributed by atoms with Gasteiger partial charge in [-0.15, -0.1) is 0 Å². The van der Waals surface area contributed by atoms with Gasteiger partial charge in [-0.1, -0.05) is 67.8 Å². The lowest BCUT2D eigenvalue weighted by Gasteiger charge is -2.13. The molecule has 6 nitrogen and oxygen atoms in total. The topological polar surface area (TPSA) is 65.3 Å². The van der Waals surface area contributed by atoms with Gasteiger partial charge < -0.3 is 28.4 Å². The zero-order chi connectivity index (χ0) is 24.5. The normalized spacial score (nSPS) is 22.5. The molecular formula is C29H36O6. The fraction of sp³-hybridized carbons (Fsp3) is 0.448. The summed E-state index contributed by atoms with van der Waals surface area (Å²) < 4.78 is 32.5. The first-order valence-electron chi connectivity index (χ1n) is 12.2. The van der Waals surface area contributed by atoms with E-state index in [-0.39, 0.29) is 12.2 Å². The van der Waals surface area contributed by atoms with Crippen LogP contribution < -0.4 is 0 Å². The highest BCUT2D eigenvalue weighted by Gasteiger charge is 2.24. The zero-order valence-corrected chi connectivity index (χ0v) is 20.5. The van der Waals surface area contributed by atoms with Gasteiger partial charge in [0, 0.05) is 0 Å². The van der Waals surface area contributed by atoms with Crippen LogP contribution in [0.1, 0.15) is 40.8 Å². The molecule has 188 valence electrons. The second-order valence-electron chi connectivity index (χ2n) is 8.93. The van der Waals surface area contributed by atoms with E-state index in [0.717, 1.165) is 42.1 Å². The predicted molar refractivity (Wildman–Crippen MR) is 136 cm³/mol. The summed E-state index contributed by atoms with van der Waals surface area (Å²) in [7, 11) is 0. The molecule has 3 heterocycles. The van der Waals surface area contributed by atoms with Crippen LogP contribution in [-0.4, -0.2) is 58.0 Å². The summed E-state index contributed by atoms with van der Waals surface area (Å²) in [4.78, 5) is 0. The largest absolute Gasteiger partial charge is 0.374 e. The second kappa shape index (κ2) is 13.1. The van der Waals surface area contributed by atoms with Gasteiger partial charge in [-0.05, 0) is 34.7 Å². The van der Waals surface area contributed by atoms with Crippen LogP contribution in [-0.2, 0) is 41.6 Å². The lowest BCUT2D eigenvalue weighted by molar-refractivity contribution is 0.0540. The number of hydrogen-bond donors (Lipinski definition) is 0. The van der Waals surface area contributed by atoms with Crippen molar-refractivity contribution in [2.75, 3.05) is 39.6 Å². The molecule has 0 spiro atoms. The third kappa shape index (κ3) is 9.00. The lowest BCUT2D eigenvalue weighted by atomic mass is 10.0. The van der Waals surface area contributed by atoms with Crippen molar-refractivity contribution in [1.82, 2.24) is 0 Å². The molecule has 0 aliphatic carbocycles. The Morgan fingerprint density at radius 3 is 2.00 bits per heavy atom. The minimum atomic E-state index is 0.132. The Morgan fingerprint density at radius 1 is 0.829 bits per heavy atom. The van der Waals surface area contributed by atoms with Crippen molar-refractivity contribution in [2.24, 2.45) is 0 Å². The molecule has 4 atom stereocenters. The SMILES string of the molecule is C=Cc1ccc(C(C)OCC2CO2)cc1.C=Cc1cccc(COCC2CO2)c1COCC1CO1. The van der Waals surface area contributed by atoms with Crippen molar-refractivity contribution in [1.29, 1.82) is 0 Å². The standard InChI is InChI=1S/C16H20O4.C13H16O2/c1-2-12-4-3-5-13(6-17-7-14-9-19-14)16(12)11-18-8-15-10-20-15;1-3-11-4-6-12(7-5-11)10(2)14-8-13-9-15-13/h2-5,14-15H,1,6-11H2;3-7,10,13H,1,8-9H2,2H3. The molecule has 35 heavy (non-hydrogen) atoms. The van der Waals surface area contributed by atoms with E-state index in [9.17, 15) is 0 Å². The van der Waals surface area contributed by atoms with Crippen molar-refractivity contribution < 1.29 is 28.4 Å². The maximum Gasteiger partial charge on any atom is 0.104 e. The molecule has 0 bridgehead atoms. The Labute approximate surface area is 208 Å². The number of ether oxygens (including phenoxy) is 6. The molecule has 0 amide bonds. The van der Waals surface area contributed by atoms with Crippen LogP contribution in [0, 0.1) is 0 Å². The second-order valence-corrected chi connectivity index (χ2v) is 8.93. The quantitative estimate of drug-likeness (QED) is 0.356. The molecule has 2 aromatic carbocycles. The summed E-state index contributed by atoms with van der Waals surface area (Å²) in [5.41, 5.74) is 5.74. The first kappa shape index (κ1) is 25.8. The van der Waals surface area contributed by atoms with E-state index < -0.39 is 0 Å². The van der Waals surface area contributed by atoms with Crippen molar-refractivity contribution >= 4 is 12.2 Å². The van der Waals surface area contributed by atoms with Gasteiger partial charge in [-0.3, -0.25) is 0 Å². The molecular weight excluding hydrogens is 444 g/mol. The van der Waals surface area contributed by atoms with E-state index >= 15 is 0 Å². The van der Waals surface area contributed by atoms with Crippen LogP contribution in [0.15, 0.2) is 55.6 Å². The Bertz CT molecular complexity index is 944. The Hall–Kier alpha value is -2.32. The van der Waals surface area contributed by atoms with Gasteiger partial charge in [0.15, 0.2) is 0 Å². The molecule has 3 fully saturated rings. The molecule has 3 aliphatic heterocycles. The molecule has 3 aliphatic rings. The van der Waals surface area contributed by atoms with E-state index in [1.807, 2.05) is 24.3 Å². The van der Waals surface area contributed by atoms with Gasteiger partial charge in [0.05, 0.1) is 59.0 Å². The Kier molecular flexibility index (Phi) is 9.66. The first-order valence-corrected chi connectivity index (χ1v) is 12.2. The summed E-state index contributed by atoms with van der Waals surface area (Å²) in [5.74, 6) is 0. The highest BCUT2D eigenvalue weighted by Crippen LogP contribution is 2.21. The lowest BCUT2D eigenvalue weighted by Crippen LogP contribution is -2.07. The summed E-state index contributed by atoms with van der Waals surface area (Å²) in [5, 5.41) is 0. The van der Waals surface area contributed by atoms with Crippen LogP contribution in [0.25, 0.3) is 12.2 Å². The van der Waals surface area contributed by atoms with E-state index in [1.54, 1.807) is 0 Å². The summed E-state index contributed by atoms with van der Waals surface area (Å²) in [6, 6.07) is 14.4. The summed E-state index contributed by atoms with van der Waals surface area (Å²) in [6.07, 6.45) is 4.75. The average Bonchev–Trinajstić information content (AvgIpc) is 3.73. The number of hydrogen-bond acceptors (Lipinski definition) is 6. The number of epoxide rings is 3. The monoisotopic (exact) mass is 480 g/mol. The van der Waals surface area contributed by atoms with Gasteiger partial charge in [0.25, 0.3) is 0 Å². The fourth-order valence-corrected chi connectivity index (χ4v) is 3.49. The molecule has 0 aromatic heterocycles. The van der Waals surface area contributed by atoms with Crippen LogP contribution >= 0.6 is 0 Å². The van der Waals surface area contributed by atoms with Crippen molar-refractivity contribution in [3.05, 3.63) is 83.4 Å². The predicted octanol–water partition coefficient (Wildman–Crippen LogP) is 4.97. The first-order chi connectivity index (χ1) is 17.2. The molecule has 0 saturated carbocycles. The molecule has 5 rings (SSSR count). The highest BCUT2D eigenvalue weighted by molar-refractivity contribution is 5.54. The van der Waals surface area contributed by atoms with Gasteiger partial charge in [-0.25, -0.2) is 0 Å². The van der Waals surface area contributed by atoms with Gasteiger partial charge in [-0.2, -0.15) is 0 Å². The summed E-state index contributed by atoms with van der Waals surface area (Å²) >= 11 is 0. The van der Waals surface area contributed by atoms with Crippen molar-refractivity contribution in [2.45, 2.75) is 44.6 Å². The van der Waals surface area contributed by atoms with Gasteiger partial charge in [0.1, 0.15) is 18.3 Å². The molecule has 0 N–H and O–H groups in total. The minimum absolute atomic E-state index is 0.132. The smallest absolute Gasteiger partial charge is 0.104 e. The molecule has 2 aromatic rings. The van der Waals surface area contributed by atoms with Gasteiger partial charge in [0.2, 0.25) is 0 Å². The maximum absolute atomic E-state index is 5.71. The molecule has 0 radical (unpaired) electrons. The van der Waals surface area contributed by atoms with E-state index in [0.29, 0.717) is 45.2 Å². The van der Waals surface area contributed by atoms with Crippen molar-refractivity contribution in [3.63, 3.8) is 0 Å². The zero-order valence-electron chi connectivity index (χ0n) is 20.5. The highest BCUT2D eigenvalue weighted by atomic mass is 16.6. The molecule has 4 unspecified atom stereocenters. The Morgan fingerprint density at radius 2 is 1.43 bits per heavy atom. The van der Waals surface area contributed by atoms with E-state index in [4.69, 9.17) is 28.4 Å². The maximum atomic E-state index is 5.71. The Balaban J connectivity index is 0.000000172. The van der Waals surface area contributed by atoms with E-state index in [2.05, 4.69) is 50.4 Å². The van der Waals surface area contributed by atoms with Crippen LogP contribution in [0.4, 0.5) is 0 Å². The fourth-order valence-electron chi connectivity index (χ4n) is 3.49. The number of rotatable bonds is 14. The third-order valence-corrected chi connectivity index (χ3v) is 6.02. The number of benzene rings is 2. The third-order valence-electron chi connectivity index (χ3n) is 6.02. The summed E-state index contributed by atoms with van der Waals surface area (Å²) in [6.45, 7) is 15.3. The van der Waals surface area contributed by atoms with Crippen LogP contribution in [0.2, 0.25) is 0 Å². The van der Waals surface area contributed by atoms with Crippen molar-refractivity contribution in [3.8, 4) is 0 Å². The van der Waals surface area contributed by atoms with Gasteiger partial charge >= 0.3 is 0 Å². The van der Waals surface area contributed by atoms with E-state index in [1.165, 1.54) is 5.56 Å².